The highest BCUT2D eigenvalue weighted by Gasteiger charge is 2.13. The van der Waals surface area contributed by atoms with Crippen molar-refractivity contribution in [2.24, 2.45) is 0 Å². The van der Waals surface area contributed by atoms with Crippen LogP contribution < -0.4 is 15.4 Å². The minimum absolute atomic E-state index is 0.0783. The van der Waals surface area contributed by atoms with Crippen LogP contribution in [0.1, 0.15) is 41.2 Å². The van der Waals surface area contributed by atoms with Gasteiger partial charge >= 0.3 is 0 Å². The summed E-state index contributed by atoms with van der Waals surface area (Å²) in [6.45, 7) is 4.03. The van der Waals surface area contributed by atoms with Crippen molar-refractivity contribution >= 4 is 44.2 Å². The molecule has 0 saturated carbocycles. The van der Waals surface area contributed by atoms with Gasteiger partial charge in [-0.15, -0.1) is 0 Å². The molecule has 8 heteroatoms. The predicted octanol–water partition coefficient (Wildman–Crippen LogP) is 5.57. The first-order valence-corrected chi connectivity index (χ1v) is 10.7. The van der Waals surface area contributed by atoms with Gasteiger partial charge in [-0.3, -0.25) is 14.9 Å². The Bertz CT molecular complexity index is 1220. The molecule has 2 N–H and O–H groups in total. The summed E-state index contributed by atoms with van der Waals surface area (Å²) in [6.07, 6.45) is 2.40. The Kier molecular flexibility index (Phi) is 5.99. The maximum absolute atomic E-state index is 12.7. The van der Waals surface area contributed by atoms with Crippen LogP contribution >= 0.6 is 11.3 Å². The van der Waals surface area contributed by atoms with Crippen molar-refractivity contribution in [3.8, 4) is 5.75 Å². The molecule has 0 spiro atoms. The first-order valence-electron chi connectivity index (χ1n) is 9.85. The van der Waals surface area contributed by atoms with Crippen molar-refractivity contribution in [2.75, 3.05) is 10.6 Å². The van der Waals surface area contributed by atoms with Gasteiger partial charge in [-0.25, -0.2) is 4.98 Å². The number of aromatic nitrogens is 1. The molecule has 4 rings (SSSR count). The molecule has 158 valence electrons. The van der Waals surface area contributed by atoms with Gasteiger partial charge in [0.05, 0.1) is 22.6 Å². The van der Waals surface area contributed by atoms with Crippen LogP contribution in [0.4, 0.5) is 10.8 Å². The number of hydrogen-bond acceptors (Lipinski definition) is 6. The zero-order valence-electron chi connectivity index (χ0n) is 17.0. The van der Waals surface area contributed by atoms with Crippen LogP contribution in [-0.2, 0) is 0 Å². The smallest absolute Gasteiger partial charge is 0.293 e. The molecule has 0 aliphatic carbocycles. The third-order valence-electron chi connectivity index (χ3n) is 4.62. The molecular weight excluding hydrogens is 414 g/mol. The van der Waals surface area contributed by atoms with E-state index >= 15 is 0 Å². The summed E-state index contributed by atoms with van der Waals surface area (Å²) in [5, 5.41) is 6.07. The van der Waals surface area contributed by atoms with Crippen molar-refractivity contribution in [2.45, 2.75) is 26.4 Å². The number of amides is 2. The highest BCUT2D eigenvalue weighted by Crippen LogP contribution is 2.29. The van der Waals surface area contributed by atoms with E-state index in [1.807, 2.05) is 26.0 Å². The molecule has 31 heavy (non-hydrogen) atoms. The minimum Gasteiger partial charge on any atom is -0.491 e. The van der Waals surface area contributed by atoms with E-state index in [-0.39, 0.29) is 23.7 Å². The van der Waals surface area contributed by atoms with Gasteiger partial charge in [0.1, 0.15) is 5.75 Å². The van der Waals surface area contributed by atoms with Crippen molar-refractivity contribution in [3.05, 3.63) is 72.2 Å². The fourth-order valence-corrected chi connectivity index (χ4v) is 3.75. The van der Waals surface area contributed by atoms with E-state index < -0.39 is 0 Å². The van der Waals surface area contributed by atoms with Gasteiger partial charge in [-0.2, -0.15) is 0 Å². The van der Waals surface area contributed by atoms with E-state index in [0.29, 0.717) is 22.1 Å². The number of fused-ring (bicyclic) bond motifs is 1. The average molecular weight is 436 g/mol. The van der Waals surface area contributed by atoms with Crippen LogP contribution in [-0.4, -0.2) is 22.9 Å². The molecule has 2 aromatic heterocycles. The number of carbonyl (C=O) groups excluding carboxylic acids is 2. The second-order valence-electron chi connectivity index (χ2n) is 6.95. The number of nitrogens with one attached hydrogen (secondary N) is 2. The van der Waals surface area contributed by atoms with Crippen LogP contribution in [0, 0.1) is 0 Å². The topological polar surface area (TPSA) is 93.5 Å². The Balaban J connectivity index is 1.47. The van der Waals surface area contributed by atoms with Crippen molar-refractivity contribution in [1.82, 2.24) is 4.98 Å². The molecule has 2 aromatic carbocycles. The number of anilines is 2. The van der Waals surface area contributed by atoms with Crippen LogP contribution in [0.15, 0.2) is 65.3 Å². The summed E-state index contributed by atoms with van der Waals surface area (Å²) in [4.78, 5) is 29.2. The normalized spacial score (nSPS) is 11.8. The second-order valence-corrected chi connectivity index (χ2v) is 7.98. The van der Waals surface area contributed by atoms with Crippen molar-refractivity contribution in [1.29, 1.82) is 0 Å². The van der Waals surface area contributed by atoms with Gasteiger partial charge in [0.25, 0.3) is 11.8 Å². The number of hydrogen-bond donors (Lipinski definition) is 2. The summed E-state index contributed by atoms with van der Waals surface area (Å²) in [5.41, 5.74) is 1.87. The van der Waals surface area contributed by atoms with E-state index in [0.717, 1.165) is 16.6 Å². The number of nitrogens with zero attached hydrogens (tertiary/aromatic N) is 1. The molecule has 0 aliphatic rings. The Morgan fingerprint density at radius 1 is 1.10 bits per heavy atom. The number of rotatable bonds is 7. The Morgan fingerprint density at radius 3 is 2.74 bits per heavy atom. The number of benzene rings is 2. The summed E-state index contributed by atoms with van der Waals surface area (Å²) in [5.74, 6) is 0.283. The zero-order chi connectivity index (χ0) is 21.8. The third kappa shape index (κ3) is 4.92. The van der Waals surface area contributed by atoms with Gasteiger partial charge in [0.15, 0.2) is 10.9 Å². The highest BCUT2D eigenvalue weighted by molar-refractivity contribution is 7.22. The lowest BCUT2D eigenvalue weighted by molar-refractivity contribution is 0.0994. The number of thiazole rings is 1. The van der Waals surface area contributed by atoms with Crippen molar-refractivity contribution < 1.29 is 18.7 Å². The molecule has 0 saturated heterocycles. The maximum Gasteiger partial charge on any atom is 0.293 e. The standard InChI is InChI=1S/C23H21N3O4S/c1-3-14(2)30-17-7-4-6-15(12-17)21(27)24-16-9-10-18-20(13-16)31-23(25-18)26-22(28)19-8-5-11-29-19/h4-14H,3H2,1-2H3,(H,24,27)(H,25,26,28)/t14-/m1/s1. The Hall–Kier alpha value is -3.65. The zero-order valence-corrected chi connectivity index (χ0v) is 17.9. The van der Waals surface area contributed by atoms with Gasteiger partial charge in [0.2, 0.25) is 0 Å². The molecule has 0 bridgehead atoms. The molecule has 0 unspecified atom stereocenters. The lowest BCUT2D eigenvalue weighted by Gasteiger charge is -2.13. The lowest BCUT2D eigenvalue weighted by Crippen LogP contribution is -2.13. The van der Waals surface area contributed by atoms with Gasteiger partial charge in [0, 0.05) is 11.3 Å². The van der Waals surface area contributed by atoms with Gasteiger partial charge in [-0.1, -0.05) is 24.3 Å². The van der Waals surface area contributed by atoms with E-state index in [1.165, 1.54) is 17.6 Å². The lowest BCUT2D eigenvalue weighted by atomic mass is 10.2. The third-order valence-corrected chi connectivity index (χ3v) is 5.55. The predicted molar refractivity (Wildman–Crippen MR) is 121 cm³/mol. The maximum atomic E-state index is 12.7. The van der Waals surface area contributed by atoms with Crippen LogP contribution in [0.3, 0.4) is 0 Å². The van der Waals surface area contributed by atoms with Gasteiger partial charge < -0.3 is 14.5 Å². The fourth-order valence-electron chi connectivity index (χ4n) is 2.85. The molecule has 2 amide bonds. The number of carbonyl (C=O) groups is 2. The van der Waals surface area contributed by atoms with Crippen molar-refractivity contribution in [3.63, 3.8) is 0 Å². The molecule has 7 nitrogen and oxygen atoms in total. The monoisotopic (exact) mass is 435 g/mol. The minimum atomic E-state index is -0.364. The first kappa shape index (κ1) is 20.6. The molecule has 0 fully saturated rings. The average Bonchev–Trinajstić information content (AvgIpc) is 3.43. The second kappa shape index (κ2) is 9.01. The fraction of sp³-hybridized carbons (Fsp3) is 0.174. The van der Waals surface area contributed by atoms with Crippen LogP contribution in [0.25, 0.3) is 10.2 Å². The quantitative estimate of drug-likeness (QED) is 0.396. The summed E-state index contributed by atoms with van der Waals surface area (Å²) >= 11 is 1.32. The molecule has 1 atom stereocenters. The summed E-state index contributed by atoms with van der Waals surface area (Å²) in [6, 6.07) is 15.7. The molecular formula is C23H21N3O4S. The first-order chi connectivity index (χ1) is 15.0. The summed E-state index contributed by atoms with van der Waals surface area (Å²) < 4.78 is 11.7. The van der Waals surface area contributed by atoms with Gasteiger partial charge in [-0.05, 0) is 61.9 Å². The van der Waals surface area contributed by atoms with Crippen LogP contribution in [0.2, 0.25) is 0 Å². The molecule has 0 aliphatic heterocycles. The number of ether oxygens (including phenoxy) is 1. The molecule has 4 aromatic rings. The summed E-state index contributed by atoms with van der Waals surface area (Å²) in [7, 11) is 0. The van der Waals surface area contributed by atoms with Crippen LogP contribution in [0.5, 0.6) is 5.75 Å². The van der Waals surface area contributed by atoms with E-state index in [1.54, 1.807) is 42.5 Å². The Morgan fingerprint density at radius 2 is 1.97 bits per heavy atom. The largest absolute Gasteiger partial charge is 0.491 e. The highest BCUT2D eigenvalue weighted by atomic mass is 32.1. The van der Waals surface area contributed by atoms with E-state index in [4.69, 9.17) is 9.15 Å². The Labute approximate surface area is 183 Å². The number of furan rings is 1. The SMILES string of the molecule is CC[C@@H](C)Oc1cccc(C(=O)Nc2ccc3nc(NC(=O)c4ccco4)sc3c2)c1. The van der Waals surface area contributed by atoms with E-state index in [9.17, 15) is 9.59 Å². The molecule has 2 heterocycles. The van der Waals surface area contributed by atoms with E-state index in [2.05, 4.69) is 15.6 Å². The molecule has 0 radical (unpaired) electrons.